The summed E-state index contributed by atoms with van der Waals surface area (Å²) in [5.74, 6) is 2.20. The van der Waals surface area contributed by atoms with Crippen LogP contribution in [-0.2, 0) is 6.42 Å². The van der Waals surface area contributed by atoms with Crippen molar-refractivity contribution >= 4 is 16.8 Å². The summed E-state index contributed by atoms with van der Waals surface area (Å²) >= 11 is 0. The fourth-order valence-electron chi connectivity index (χ4n) is 4.99. The number of phenolic OH excluding ortho intramolecular Hbond substituents is 1. The van der Waals surface area contributed by atoms with E-state index in [0.29, 0.717) is 12.2 Å². The van der Waals surface area contributed by atoms with Crippen molar-refractivity contribution in [2.45, 2.75) is 25.7 Å². The molecule has 0 bridgehead atoms. The Labute approximate surface area is 180 Å². The third-order valence-corrected chi connectivity index (χ3v) is 6.51. The third-order valence-electron chi connectivity index (χ3n) is 6.51. The van der Waals surface area contributed by atoms with E-state index >= 15 is 0 Å². The highest BCUT2D eigenvalue weighted by Crippen LogP contribution is 2.52. The maximum absolute atomic E-state index is 10.3. The van der Waals surface area contributed by atoms with E-state index in [-0.39, 0.29) is 11.7 Å². The summed E-state index contributed by atoms with van der Waals surface area (Å²) in [4.78, 5) is 0. The van der Waals surface area contributed by atoms with Crippen LogP contribution in [0.2, 0.25) is 0 Å². The Morgan fingerprint density at radius 3 is 2.39 bits per heavy atom. The normalized spacial score (nSPS) is 16.7. The van der Waals surface area contributed by atoms with Crippen molar-refractivity contribution in [3.63, 3.8) is 0 Å². The van der Waals surface area contributed by atoms with Gasteiger partial charge in [-0.05, 0) is 71.1 Å². The molecule has 0 spiro atoms. The van der Waals surface area contributed by atoms with Gasteiger partial charge in [-0.25, -0.2) is 0 Å². The van der Waals surface area contributed by atoms with E-state index in [0.717, 1.165) is 45.4 Å². The van der Waals surface area contributed by atoms with Crippen LogP contribution in [0.3, 0.4) is 0 Å². The molecule has 0 amide bonds. The largest absolute Gasteiger partial charge is 0.512 e. The first-order valence-corrected chi connectivity index (χ1v) is 10.6. The van der Waals surface area contributed by atoms with Crippen LogP contribution in [0.25, 0.3) is 16.8 Å². The van der Waals surface area contributed by atoms with E-state index in [9.17, 15) is 10.2 Å². The molecule has 1 heterocycles. The van der Waals surface area contributed by atoms with Gasteiger partial charge in [-0.3, -0.25) is 0 Å². The highest BCUT2D eigenvalue weighted by atomic mass is 16.5. The molecule has 1 atom stereocenters. The number of hydrogen-bond donors (Lipinski definition) is 2. The first-order chi connectivity index (χ1) is 15.1. The van der Waals surface area contributed by atoms with Gasteiger partial charge in [-0.15, -0.1) is 0 Å². The number of aliphatic hydroxyl groups excluding tert-OH is 1. The minimum atomic E-state index is -0.0676. The first kappa shape index (κ1) is 18.1. The van der Waals surface area contributed by atoms with Gasteiger partial charge in [0.25, 0.3) is 0 Å². The molecule has 4 aromatic carbocycles. The quantitative estimate of drug-likeness (QED) is 0.316. The lowest BCUT2D eigenvalue weighted by Crippen LogP contribution is -2.16. The molecule has 4 aromatic rings. The van der Waals surface area contributed by atoms with Crippen molar-refractivity contribution in [1.29, 1.82) is 0 Å². The van der Waals surface area contributed by atoms with Gasteiger partial charge in [-0.1, -0.05) is 48.0 Å². The van der Waals surface area contributed by atoms with Crippen molar-refractivity contribution in [2.75, 3.05) is 0 Å². The van der Waals surface area contributed by atoms with Crippen molar-refractivity contribution in [2.24, 2.45) is 0 Å². The van der Waals surface area contributed by atoms with E-state index in [4.69, 9.17) is 4.74 Å². The average Bonchev–Trinajstić information content (AvgIpc) is 2.78. The van der Waals surface area contributed by atoms with Crippen LogP contribution in [0.5, 0.6) is 17.2 Å². The van der Waals surface area contributed by atoms with Gasteiger partial charge < -0.3 is 14.9 Å². The number of ether oxygens (including phenoxy) is 1. The van der Waals surface area contributed by atoms with Crippen LogP contribution in [-0.4, -0.2) is 10.2 Å². The number of hydrogen-bond acceptors (Lipinski definition) is 3. The molecular formula is C28H22O3. The second-order valence-electron chi connectivity index (χ2n) is 8.51. The highest BCUT2D eigenvalue weighted by molar-refractivity contribution is 5.92. The van der Waals surface area contributed by atoms with Crippen LogP contribution in [0.15, 0.2) is 72.5 Å². The monoisotopic (exact) mass is 406 g/mol. The molecule has 1 aliphatic heterocycles. The molecule has 2 N–H and O–H groups in total. The van der Waals surface area contributed by atoms with Gasteiger partial charge in [0.1, 0.15) is 17.2 Å². The SMILES string of the molecule is Cc1ccc(C2c3c(ccc4c3C=C(O)CC4)Oc3ccc4ccc(O)cc4c32)cc1. The van der Waals surface area contributed by atoms with Crippen molar-refractivity contribution in [3.8, 4) is 17.2 Å². The summed E-state index contributed by atoms with van der Waals surface area (Å²) < 4.78 is 6.41. The van der Waals surface area contributed by atoms with Crippen molar-refractivity contribution in [3.05, 3.63) is 106 Å². The molecule has 0 fully saturated rings. The molecule has 6 rings (SSSR count). The predicted octanol–water partition coefficient (Wildman–Crippen LogP) is 6.98. The molecule has 1 aliphatic carbocycles. The molecule has 1 unspecified atom stereocenters. The van der Waals surface area contributed by atoms with Gasteiger partial charge in [0, 0.05) is 23.5 Å². The number of fused-ring (bicyclic) bond motifs is 6. The summed E-state index contributed by atoms with van der Waals surface area (Å²) in [6.45, 7) is 2.09. The first-order valence-electron chi connectivity index (χ1n) is 10.6. The second-order valence-corrected chi connectivity index (χ2v) is 8.51. The molecule has 0 aromatic heterocycles. The number of aryl methyl sites for hydroxylation is 2. The van der Waals surface area contributed by atoms with Crippen LogP contribution in [0, 0.1) is 6.92 Å². The topological polar surface area (TPSA) is 49.7 Å². The van der Waals surface area contributed by atoms with E-state index in [1.807, 2.05) is 30.3 Å². The van der Waals surface area contributed by atoms with E-state index in [1.54, 1.807) is 6.07 Å². The molecule has 2 aliphatic rings. The van der Waals surface area contributed by atoms with Crippen molar-refractivity contribution in [1.82, 2.24) is 0 Å². The summed E-state index contributed by atoms with van der Waals surface area (Å²) in [7, 11) is 0. The molecule has 152 valence electrons. The molecule has 31 heavy (non-hydrogen) atoms. The van der Waals surface area contributed by atoms with Gasteiger partial charge >= 0.3 is 0 Å². The minimum Gasteiger partial charge on any atom is -0.512 e. The van der Waals surface area contributed by atoms with Crippen LogP contribution in [0.4, 0.5) is 0 Å². The maximum Gasteiger partial charge on any atom is 0.132 e. The smallest absolute Gasteiger partial charge is 0.132 e. The van der Waals surface area contributed by atoms with Gasteiger partial charge in [0.15, 0.2) is 0 Å². The Hall–Kier alpha value is -3.72. The average molecular weight is 406 g/mol. The zero-order valence-corrected chi connectivity index (χ0v) is 17.2. The van der Waals surface area contributed by atoms with E-state index < -0.39 is 0 Å². The Kier molecular flexibility index (Phi) is 3.87. The fraction of sp³-hybridized carbons (Fsp3) is 0.143. The number of phenols is 1. The fourth-order valence-corrected chi connectivity index (χ4v) is 4.99. The second kappa shape index (κ2) is 6.64. The Bertz CT molecular complexity index is 1380. The number of benzene rings is 4. The summed E-state index contributed by atoms with van der Waals surface area (Å²) in [6.07, 6.45) is 3.37. The summed E-state index contributed by atoms with van der Waals surface area (Å²) in [5.41, 5.74) is 6.78. The lowest BCUT2D eigenvalue weighted by atomic mass is 9.76. The van der Waals surface area contributed by atoms with E-state index in [2.05, 4.69) is 43.3 Å². The van der Waals surface area contributed by atoms with Crippen LogP contribution < -0.4 is 4.74 Å². The number of aromatic hydroxyl groups is 1. The Morgan fingerprint density at radius 2 is 1.55 bits per heavy atom. The molecule has 3 nitrogen and oxygen atoms in total. The van der Waals surface area contributed by atoms with Gasteiger partial charge in [-0.2, -0.15) is 0 Å². The maximum atomic E-state index is 10.3. The lowest BCUT2D eigenvalue weighted by molar-refractivity contribution is 0.391. The standard InChI is InChI=1S/C28H22O3/c1-16-2-4-19(5-3-16)26-27-22-14-20(29)10-6-17(22)8-12-24(27)31-25-13-9-18-7-11-21(30)15-23(18)28(25)26/h2-6,8-10,12-15,26,29-30H,7,11H2,1H3. The number of aliphatic hydroxyl groups is 1. The van der Waals surface area contributed by atoms with Gasteiger partial charge in [0.2, 0.25) is 0 Å². The van der Waals surface area contributed by atoms with Gasteiger partial charge in [0.05, 0.1) is 5.76 Å². The molecule has 3 heteroatoms. The van der Waals surface area contributed by atoms with Crippen LogP contribution >= 0.6 is 0 Å². The van der Waals surface area contributed by atoms with Crippen molar-refractivity contribution < 1.29 is 14.9 Å². The lowest BCUT2D eigenvalue weighted by Gasteiger charge is -2.33. The molecular weight excluding hydrogens is 384 g/mol. The molecule has 0 radical (unpaired) electrons. The highest BCUT2D eigenvalue weighted by Gasteiger charge is 2.34. The predicted molar refractivity (Wildman–Crippen MR) is 123 cm³/mol. The summed E-state index contributed by atoms with van der Waals surface area (Å²) in [5, 5.41) is 22.6. The van der Waals surface area contributed by atoms with Crippen LogP contribution in [0.1, 0.15) is 45.7 Å². The zero-order chi connectivity index (χ0) is 21.1. The zero-order valence-electron chi connectivity index (χ0n) is 17.2. The number of allylic oxidation sites excluding steroid dienone is 1. The Balaban J connectivity index is 1.72. The molecule has 0 saturated carbocycles. The minimum absolute atomic E-state index is 0.0676. The third kappa shape index (κ3) is 2.81. The Morgan fingerprint density at radius 1 is 0.806 bits per heavy atom. The molecule has 0 saturated heterocycles. The van der Waals surface area contributed by atoms with E-state index in [1.165, 1.54) is 16.7 Å². The number of rotatable bonds is 1. The summed E-state index contributed by atoms with van der Waals surface area (Å²) in [6, 6.07) is 22.3.